The molecule has 0 unspecified atom stereocenters. The van der Waals surface area contributed by atoms with Crippen molar-refractivity contribution in [1.82, 2.24) is 29.6 Å². The molecule has 27 heavy (non-hydrogen) atoms. The Labute approximate surface area is 157 Å². The molecule has 7 nitrogen and oxygen atoms in total. The molecule has 0 aliphatic rings. The van der Waals surface area contributed by atoms with Gasteiger partial charge in [-0.2, -0.15) is 5.10 Å². The van der Waals surface area contributed by atoms with E-state index in [-0.39, 0.29) is 0 Å². The Hall–Kier alpha value is -3.19. The minimum absolute atomic E-state index is 0.750. The molecular formula is C20H22N6O. The van der Waals surface area contributed by atoms with Crippen molar-refractivity contribution >= 4 is 0 Å². The van der Waals surface area contributed by atoms with Crippen LogP contribution in [0.3, 0.4) is 0 Å². The Kier molecular flexibility index (Phi) is 5.40. The fourth-order valence-electron chi connectivity index (χ4n) is 3.08. The van der Waals surface area contributed by atoms with Crippen LogP contribution in [-0.2, 0) is 19.6 Å². The van der Waals surface area contributed by atoms with Crippen LogP contribution in [0.15, 0.2) is 72.1 Å². The largest absolute Gasteiger partial charge is 0.458 e. The van der Waals surface area contributed by atoms with E-state index in [0.717, 1.165) is 49.8 Å². The third kappa shape index (κ3) is 4.71. The predicted octanol–water partition coefficient (Wildman–Crippen LogP) is 3.35. The van der Waals surface area contributed by atoms with Crippen LogP contribution in [0, 0.1) is 0 Å². The van der Waals surface area contributed by atoms with Gasteiger partial charge in [0.25, 0.3) is 0 Å². The zero-order valence-electron chi connectivity index (χ0n) is 15.0. The Morgan fingerprint density at radius 3 is 2.67 bits per heavy atom. The zero-order chi connectivity index (χ0) is 18.3. The van der Waals surface area contributed by atoms with Crippen LogP contribution in [0.25, 0.3) is 11.5 Å². The predicted molar refractivity (Wildman–Crippen MR) is 101 cm³/mol. The van der Waals surface area contributed by atoms with Crippen LogP contribution < -0.4 is 0 Å². The molecule has 0 bridgehead atoms. The van der Waals surface area contributed by atoms with Crippen LogP contribution in [0.1, 0.15) is 17.7 Å². The summed E-state index contributed by atoms with van der Waals surface area (Å²) in [5.74, 6) is 1.75. The summed E-state index contributed by atoms with van der Waals surface area (Å²) in [7, 11) is 0. The van der Waals surface area contributed by atoms with Gasteiger partial charge in [-0.15, -0.1) is 0 Å². The number of furan rings is 1. The van der Waals surface area contributed by atoms with Gasteiger partial charge >= 0.3 is 0 Å². The summed E-state index contributed by atoms with van der Waals surface area (Å²) in [5.41, 5.74) is 2.13. The molecule has 0 atom stereocenters. The van der Waals surface area contributed by atoms with E-state index >= 15 is 0 Å². The van der Waals surface area contributed by atoms with Gasteiger partial charge in [-0.05, 0) is 42.3 Å². The molecule has 0 radical (unpaired) electrons. The van der Waals surface area contributed by atoms with E-state index in [1.807, 2.05) is 49.3 Å². The third-order valence-electron chi connectivity index (χ3n) is 4.41. The van der Waals surface area contributed by atoms with Gasteiger partial charge in [-0.1, -0.05) is 0 Å². The van der Waals surface area contributed by atoms with E-state index in [0.29, 0.717) is 0 Å². The fourth-order valence-corrected chi connectivity index (χ4v) is 3.08. The maximum Gasteiger partial charge on any atom is 0.152 e. The highest BCUT2D eigenvalue weighted by Gasteiger charge is 2.12. The Balaban J connectivity index is 1.42. The Morgan fingerprint density at radius 2 is 1.89 bits per heavy atom. The number of pyridine rings is 1. The first kappa shape index (κ1) is 17.2. The molecule has 0 amide bonds. The number of nitrogens with zero attached hydrogens (tertiary/aromatic N) is 5. The number of nitrogens with one attached hydrogen (secondary N) is 1. The van der Waals surface area contributed by atoms with Gasteiger partial charge in [0.2, 0.25) is 0 Å². The molecule has 138 valence electrons. The Bertz CT molecular complexity index is 915. The standard InChI is InChI=1S/C20H22N6O/c1(11-25-13-10-22-16-25)12-26(14-17-4-7-21-8-5-17)15-18-2-3-20(27-18)19-6-9-23-24-19/h2-10,13,16H,1,11-12,14-15H2,(H,23,24). The summed E-state index contributed by atoms with van der Waals surface area (Å²) < 4.78 is 8.11. The molecular weight excluding hydrogens is 340 g/mol. The number of aromatic amines is 1. The van der Waals surface area contributed by atoms with Gasteiger partial charge in [-0.3, -0.25) is 15.0 Å². The van der Waals surface area contributed by atoms with Crippen molar-refractivity contribution in [2.75, 3.05) is 6.54 Å². The lowest BCUT2D eigenvalue weighted by Crippen LogP contribution is -2.24. The van der Waals surface area contributed by atoms with Crippen LogP contribution >= 0.6 is 0 Å². The summed E-state index contributed by atoms with van der Waals surface area (Å²) in [6.07, 6.45) is 12.1. The van der Waals surface area contributed by atoms with Gasteiger partial charge in [0, 0.05) is 50.6 Å². The molecule has 4 aromatic heterocycles. The van der Waals surface area contributed by atoms with E-state index in [1.54, 1.807) is 6.20 Å². The van der Waals surface area contributed by atoms with Crippen molar-refractivity contribution in [3.05, 3.63) is 79.0 Å². The number of rotatable bonds is 9. The van der Waals surface area contributed by atoms with E-state index in [4.69, 9.17) is 4.42 Å². The van der Waals surface area contributed by atoms with Crippen LogP contribution in [0.5, 0.6) is 0 Å². The lowest BCUT2D eigenvalue weighted by atomic mass is 10.2. The molecule has 4 rings (SSSR count). The summed E-state index contributed by atoms with van der Waals surface area (Å²) in [6.45, 7) is 3.51. The second-order valence-electron chi connectivity index (χ2n) is 6.46. The topological polar surface area (TPSA) is 75.8 Å². The molecule has 0 aliphatic heterocycles. The summed E-state index contributed by atoms with van der Waals surface area (Å²) in [4.78, 5) is 10.6. The number of hydrogen-bond acceptors (Lipinski definition) is 5. The molecule has 0 fully saturated rings. The van der Waals surface area contributed by atoms with Gasteiger partial charge in [0.05, 0.1) is 12.9 Å². The average molecular weight is 362 g/mol. The molecule has 4 aromatic rings. The minimum atomic E-state index is 0.750. The quantitative estimate of drug-likeness (QED) is 0.494. The van der Waals surface area contributed by atoms with Gasteiger partial charge in [0.1, 0.15) is 11.5 Å². The second-order valence-corrected chi connectivity index (χ2v) is 6.46. The van der Waals surface area contributed by atoms with Crippen molar-refractivity contribution in [2.24, 2.45) is 0 Å². The highest BCUT2D eigenvalue weighted by atomic mass is 16.3. The molecule has 0 spiro atoms. The maximum absolute atomic E-state index is 6.01. The maximum atomic E-state index is 6.01. The van der Waals surface area contributed by atoms with E-state index in [1.165, 1.54) is 5.56 Å². The van der Waals surface area contributed by atoms with Gasteiger partial charge in [0.15, 0.2) is 5.76 Å². The first-order valence-electron chi connectivity index (χ1n) is 9.02. The van der Waals surface area contributed by atoms with Crippen LogP contribution in [-0.4, -0.2) is 36.2 Å². The number of imidazole rings is 1. The van der Waals surface area contributed by atoms with E-state index < -0.39 is 0 Å². The molecule has 0 saturated heterocycles. The second kappa shape index (κ2) is 8.46. The number of aromatic nitrogens is 5. The zero-order valence-corrected chi connectivity index (χ0v) is 15.0. The number of hydrogen-bond donors (Lipinski definition) is 1. The van der Waals surface area contributed by atoms with Crippen molar-refractivity contribution in [3.8, 4) is 11.5 Å². The lowest BCUT2D eigenvalue weighted by molar-refractivity contribution is 0.229. The highest BCUT2D eigenvalue weighted by Crippen LogP contribution is 2.21. The van der Waals surface area contributed by atoms with Gasteiger partial charge in [-0.25, -0.2) is 4.98 Å². The van der Waals surface area contributed by atoms with Crippen molar-refractivity contribution < 1.29 is 4.42 Å². The molecule has 1 N–H and O–H groups in total. The fraction of sp³-hybridized carbons (Fsp3) is 0.250. The summed E-state index contributed by atoms with van der Waals surface area (Å²) in [5, 5.41) is 6.92. The third-order valence-corrected chi connectivity index (χ3v) is 4.41. The molecule has 0 aromatic carbocycles. The SMILES string of the molecule is c1cc(CN(CCCn2ccnc2)Cc2ccc(-c3ccn[nH]3)o2)ccn1. The summed E-state index contributed by atoms with van der Waals surface area (Å²) in [6, 6.07) is 10.0. The van der Waals surface area contributed by atoms with Crippen LogP contribution in [0.4, 0.5) is 0 Å². The average Bonchev–Trinajstić information content (AvgIpc) is 3.45. The highest BCUT2D eigenvalue weighted by molar-refractivity contribution is 5.51. The van der Waals surface area contributed by atoms with Crippen molar-refractivity contribution in [1.29, 1.82) is 0 Å². The molecule has 0 aliphatic carbocycles. The number of H-pyrrole nitrogens is 1. The molecule has 7 heteroatoms. The monoisotopic (exact) mass is 362 g/mol. The molecule has 0 saturated carbocycles. The minimum Gasteiger partial charge on any atom is -0.458 e. The number of aryl methyl sites for hydroxylation is 1. The first-order chi connectivity index (χ1) is 13.4. The summed E-state index contributed by atoms with van der Waals surface area (Å²) >= 11 is 0. The lowest BCUT2D eigenvalue weighted by Gasteiger charge is -2.21. The normalized spacial score (nSPS) is 11.3. The van der Waals surface area contributed by atoms with Crippen LogP contribution in [0.2, 0.25) is 0 Å². The molecule has 4 heterocycles. The van der Waals surface area contributed by atoms with Crippen molar-refractivity contribution in [2.45, 2.75) is 26.1 Å². The van der Waals surface area contributed by atoms with E-state index in [9.17, 15) is 0 Å². The van der Waals surface area contributed by atoms with Crippen molar-refractivity contribution in [3.63, 3.8) is 0 Å². The van der Waals surface area contributed by atoms with Gasteiger partial charge < -0.3 is 8.98 Å². The smallest absolute Gasteiger partial charge is 0.152 e. The first-order valence-corrected chi connectivity index (χ1v) is 9.02. The van der Waals surface area contributed by atoms with E-state index in [2.05, 4.69) is 41.8 Å². The Morgan fingerprint density at radius 1 is 0.963 bits per heavy atom.